The van der Waals surface area contributed by atoms with E-state index in [1.165, 1.54) is 24.3 Å². The lowest BCUT2D eigenvalue weighted by Crippen LogP contribution is -2.66. The van der Waals surface area contributed by atoms with Gasteiger partial charge in [-0.25, -0.2) is 0 Å². The van der Waals surface area contributed by atoms with Crippen LogP contribution < -0.4 is 4.90 Å². The smallest absolute Gasteiger partial charge is 0.376 e. The number of para-hydroxylation sites is 1. The normalized spacial score (nSPS) is 15.2. The minimum Gasteiger partial charge on any atom is -0.376 e. The zero-order valence-corrected chi connectivity index (χ0v) is 16.5. The van der Waals surface area contributed by atoms with Crippen molar-refractivity contribution in [2.75, 3.05) is 25.1 Å². The fraction of sp³-hybridized carbons (Fsp3) is 0.667. The van der Waals surface area contributed by atoms with Crippen molar-refractivity contribution in [1.82, 2.24) is 0 Å². The van der Waals surface area contributed by atoms with Gasteiger partial charge >= 0.3 is 29.9 Å². The number of benzene rings is 1. The molecule has 180 valence electrons. The van der Waals surface area contributed by atoms with Gasteiger partial charge in [0.15, 0.2) is 0 Å². The third kappa shape index (κ3) is 4.70. The molecule has 0 N–H and O–H groups in total. The summed E-state index contributed by atoms with van der Waals surface area (Å²) < 4.78 is 151. The number of anilines is 1. The molecule has 1 aromatic rings. The molecule has 13 heteroatoms. The van der Waals surface area contributed by atoms with Gasteiger partial charge in [-0.1, -0.05) is 18.2 Å². The molecule has 0 aromatic heterocycles. The molecule has 1 rings (SSSR count). The highest BCUT2D eigenvalue weighted by atomic mass is 19.4. The maximum Gasteiger partial charge on any atom is 0.460 e. The SMILES string of the molecule is CCN(CC)c1ccccc1C(CC(F)(F)C(F)(F)C(F)(F)C(F)(F)C(F)(F)F)OC. The summed E-state index contributed by atoms with van der Waals surface area (Å²) in [6.45, 7) is 3.99. The lowest BCUT2D eigenvalue weighted by atomic mass is 9.91. The van der Waals surface area contributed by atoms with Gasteiger partial charge in [-0.2, -0.15) is 48.3 Å². The number of hydrogen-bond acceptors (Lipinski definition) is 2. The van der Waals surface area contributed by atoms with Gasteiger partial charge in [0.05, 0.1) is 6.10 Å². The largest absolute Gasteiger partial charge is 0.460 e. The Hall–Kier alpha value is -1.79. The molecule has 1 atom stereocenters. The van der Waals surface area contributed by atoms with Crippen molar-refractivity contribution in [3.63, 3.8) is 0 Å². The maximum absolute atomic E-state index is 14.2. The van der Waals surface area contributed by atoms with Crippen LogP contribution in [0.1, 0.15) is 31.9 Å². The molecule has 1 unspecified atom stereocenters. The lowest BCUT2D eigenvalue weighted by molar-refractivity contribution is -0.423. The molecule has 0 aliphatic carbocycles. The predicted molar refractivity (Wildman–Crippen MR) is 90.2 cm³/mol. The fourth-order valence-corrected chi connectivity index (χ4v) is 2.90. The second kappa shape index (κ2) is 8.99. The number of alkyl halides is 11. The molecule has 0 fully saturated rings. The second-order valence-corrected chi connectivity index (χ2v) is 6.58. The van der Waals surface area contributed by atoms with Gasteiger partial charge in [-0.3, -0.25) is 0 Å². The third-order valence-electron chi connectivity index (χ3n) is 4.72. The zero-order valence-electron chi connectivity index (χ0n) is 16.5. The van der Waals surface area contributed by atoms with Crippen LogP contribution in [0.15, 0.2) is 24.3 Å². The topological polar surface area (TPSA) is 12.5 Å². The van der Waals surface area contributed by atoms with Crippen molar-refractivity contribution >= 4 is 5.69 Å². The van der Waals surface area contributed by atoms with E-state index in [4.69, 9.17) is 4.74 Å². The molecule has 0 radical (unpaired) electrons. The van der Waals surface area contributed by atoms with Crippen LogP contribution in [0.2, 0.25) is 0 Å². The van der Waals surface area contributed by atoms with Gasteiger partial charge in [0.2, 0.25) is 0 Å². The first kappa shape index (κ1) is 27.2. The Bertz CT molecular complexity index is 729. The number of nitrogens with zero attached hydrogens (tertiary/aromatic N) is 1. The molecule has 0 saturated heterocycles. The van der Waals surface area contributed by atoms with Crippen molar-refractivity contribution in [2.24, 2.45) is 0 Å². The lowest BCUT2D eigenvalue weighted by Gasteiger charge is -2.38. The van der Waals surface area contributed by atoms with Crippen LogP contribution in [-0.4, -0.2) is 50.1 Å². The molecule has 0 aliphatic heterocycles. The minimum absolute atomic E-state index is 0.157. The van der Waals surface area contributed by atoms with Crippen LogP contribution in [0.25, 0.3) is 0 Å². The minimum atomic E-state index is -7.43. The van der Waals surface area contributed by atoms with E-state index in [0.717, 1.165) is 7.11 Å². The Morgan fingerprint density at radius 1 is 0.774 bits per heavy atom. The summed E-state index contributed by atoms with van der Waals surface area (Å²) in [5.41, 5.74) is 0.0564. The highest BCUT2D eigenvalue weighted by Crippen LogP contribution is 2.58. The third-order valence-corrected chi connectivity index (χ3v) is 4.72. The molecule has 1 aromatic carbocycles. The van der Waals surface area contributed by atoms with Crippen LogP contribution >= 0.6 is 0 Å². The van der Waals surface area contributed by atoms with Gasteiger partial charge in [0.1, 0.15) is 0 Å². The average molecular weight is 475 g/mol. The summed E-state index contributed by atoms with van der Waals surface area (Å²) in [6.07, 6.45) is -11.5. The number of hydrogen-bond donors (Lipinski definition) is 0. The van der Waals surface area contributed by atoms with Crippen molar-refractivity contribution in [3.05, 3.63) is 29.8 Å². The Balaban J connectivity index is 3.43. The molecule has 0 bridgehead atoms. The summed E-state index contributed by atoms with van der Waals surface area (Å²) >= 11 is 0. The summed E-state index contributed by atoms with van der Waals surface area (Å²) in [5.74, 6) is -27.9. The summed E-state index contributed by atoms with van der Waals surface area (Å²) in [7, 11) is 0.778. The van der Waals surface area contributed by atoms with E-state index < -0.39 is 42.4 Å². The molecule has 0 amide bonds. The quantitative estimate of drug-likeness (QED) is 0.349. The van der Waals surface area contributed by atoms with E-state index in [0.29, 0.717) is 13.1 Å². The first-order valence-corrected chi connectivity index (χ1v) is 8.87. The van der Waals surface area contributed by atoms with Crippen molar-refractivity contribution in [2.45, 2.75) is 56.2 Å². The molecular formula is C18H20F11NO. The molecule has 2 nitrogen and oxygen atoms in total. The summed E-state index contributed by atoms with van der Waals surface area (Å²) in [5, 5.41) is 0. The Labute approximate surface area is 171 Å². The van der Waals surface area contributed by atoms with Crippen LogP contribution in [0.4, 0.5) is 54.0 Å². The Kier molecular flexibility index (Phi) is 7.90. The van der Waals surface area contributed by atoms with Crippen molar-refractivity contribution in [1.29, 1.82) is 0 Å². The summed E-state index contributed by atoms with van der Waals surface area (Å²) in [6, 6.07) is 5.33. The second-order valence-electron chi connectivity index (χ2n) is 6.58. The van der Waals surface area contributed by atoms with Gasteiger partial charge in [-0.05, 0) is 19.9 Å². The number of methoxy groups -OCH3 is 1. The Morgan fingerprint density at radius 2 is 1.26 bits per heavy atom. The molecule has 0 heterocycles. The average Bonchev–Trinajstić information content (AvgIpc) is 2.66. The first-order chi connectivity index (χ1) is 13.9. The van der Waals surface area contributed by atoms with Gasteiger partial charge < -0.3 is 9.64 Å². The Morgan fingerprint density at radius 3 is 1.68 bits per heavy atom. The number of ether oxygens (including phenoxy) is 1. The standard InChI is InChI=1S/C18H20F11NO/c1-4-30(5-2)12-9-7-6-8-11(12)13(31-3)10-14(19,20)15(21,22)16(23,24)17(25,26)18(27,28)29/h6-9,13H,4-5,10H2,1-3H3. The van der Waals surface area contributed by atoms with Crippen molar-refractivity contribution in [3.8, 4) is 0 Å². The van der Waals surface area contributed by atoms with E-state index in [1.807, 2.05) is 0 Å². The van der Waals surface area contributed by atoms with E-state index in [2.05, 4.69) is 0 Å². The van der Waals surface area contributed by atoms with Crippen LogP contribution in [0.3, 0.4) is 0 Å². The van der Waals surface area contributed by atoms with E-state index in [9.17, 15) is 48.3 Å². The fourth-order valence-electron chi connectivity index (χ4n) is 2.90. The number of halogens is 11. The van der Waals surface area contributed by atoms with Gasteiger partial charge in [-0.15, -0.1) is 0 Å². The number of rotatable bonds is 10. The first-order valence-electron chi connectivity index (χ1n) is 8.87. The highest BCUT2D eigenvalue weighted by molar-refractivity contribution is 5.54. The monoisotopic (exact) mass is 475 g/mol. The van der Waals surface area contributed by atoms with E-state index in [1.54, 1.807) is 18.7 Å². The van der Waals surface area contributed by atoms with E-state index in [-0.39, 0.29) is 11.3 Å². The van der Waals surface area contributed by atoms with Crippen LogP contribution in [-0.2, 0) is 4.74 Å². The van der Waals surface area contributed by atoms with Crippen molar-refractivity contribution < 1.29 is 53.0 Å². The van der Waals surface area contributed by atoms with Crippen LogP contribution in [0, 0.1) is 0 Å². The van der Waals surface area contributed by atoms with Crippen LogP contribution in [0.5, 0.6) is 0 Å². The van der Waals surface area contributed by atoms with E-state index >= 15 is 0 Å². The molecular weight excluding hydrogens is 455 g/mol. The van der Waals surface area contributed by atoms with Gasteiger partial charge in [0, 0.05) is 37.9 Å². The predicted octanol–water partition coefficient (Wildman–Crippen LogP) is 6.71. The van der Waals surface area contributed by atoms with Gasteiger partial charge in [0.25, 0.3) is 0 Å². The maximum atomic E-state index is 14.2. The molecule has 31 heavy (non-hydrogen) atoms. The molecule has 0 aliphatic rings. The summed E-state index contributed by atoms with van der Waals surface area (Å²) in [4.78, 5) is 1.59. The zero-order chi connectivity index (χ0) is 24.5. The molecule has 0 spiro atoms. The molecule has 0 saturated carbocycles. The highest BCUT2D eigenvalue weighted by Gasteiger charge is 2.87.